The van der Waals surface area contributed by atoms with E-state index in [9.17, 15) is 4.79 Å². The van der Waals surface area contributed by atoms with E-state index in [-0.39, 0.29) is 5.78 Å². The Morgan fingerprint density at radius 2 is 1.43 bits per heavy atom. The van der Waals surface area contributed by atoms with E-state index in [1.807, 2.05) is 48.5 Å². The van der Waals surface area contributed by atoms with Gasteiger partial charge in [-0.05, 0) is 66.2 Å². The number of nitrogens with one attached hydrogen (secondary N) is 1. The van der Waals surface area contributed by atoms with Crippen LogP contribution in [0, 0.1) is 0 Å². The lowest BCUT2D eigenvalue weighted by atomic mass is 10.1. The lowest BCUT2D eigenvalue weighted by Crippen LogP contribution is -2.04. The van der Waals surface area contributed by atoms with Gasteiger partial charge >= 0.3 is 0 Å². The number of carbonyl (C=O) groups excluding carboxylic acids is 1. The molecule has 0 spiro atoms. The summed E-state index contributed by atoms with van der Waals surface area (Å²) in [6.07, 6.45) is 1.55. The molecule has 0 saturated heterocycles. The second-order valence-corrected chi connectivity index (χ2v) is 6.39. The number of hydrogen-bond donors (Lipinski definition) is 1. The van der Waals surface area contributed by atoms with E-state index in [0.29, 0.717) is 16.3 Å². The molecule has 0 radical (unpaired) electrons. The lowest BCUT2D eigenvalue weighted by molar-refractivity contribution is 0.104. The van der Waals surface area contributed by atoms with Gasteiger partial charge in [0.2, 0.25) is 0 Å². The van der Waals surface area contributed by atoms with Crippen LogP contribution in [0.5, 0.6) is 11.5 Å². The third-order valence-corrected chi connectivity index (χ3v) is 4.51. The molecule has 0 unspecified atom stereocenters. The zero-order chi connectivity index (χ0) is 19.9. The van der Waals surface area contributed by atoms with Crippen molar-refractivity contribution in [2.45, 2.75) is 0 Å². The highest BCUT2D eigenvalue weighted by Crippen LogP contribution is 2.24. The van der Waals surface area contributed by atoms with Gasteiger partial charge in [0, 0.05) is 23.0 Å². The number of anilines is 1. The third-order valence-electron chi connectivity index (χ3n) is 4.18. The van der Waals surface area contributed by atoms with Crippen molar-refractivity contribution in [2.75, 3.05) is 19.5 Å². The second kappa shape index (κ2) is 9.11. The van der Waals surface area contributed by atoms with Gasteiger partial charge in [-0.25, -0.2) is 0 Å². The molecule has 0 aliphatic carbocycles. The average molecular weight is 394 g/mol. The van der Waals surface area contributed by atoms with Crippen LogP contribution in [0.1, 0.15) is 15.9 Å². The number of benzene rings is 3. The molecule has 0 aromatic heterocycles. The topological polar surface area (TPSA) is 47.6 Å². The summed E-state index contributed by atoms with van der Waals surface area (Å²) in [6, 6.07) is 21.9. The minimum Gasteiger partial charge on any atom is -0.497 e. The molecule has 0 aliphatic rings. The highest BCUT2D eigenvalue weighted by atomic mass is 35.5. The van der Waals surface area contributed by atoms with Gasteiger partial charge in [0.25, 0.3) is 0 Å². The van der Waals surface area contributed by atoms with Gasteiger partial charge < -0.3 is 14.8 Å². The number of methoxy groups -OCH3 is 2. The number of carbonyl (C=O) groups is 1. The fourth-order valence-electron chi connectivity index (χ4n) is 2.66. The average Bonchev–Trinajstić information content (AvgIpc) is 2.74. The molecule has 0 bridgehead atoms. The smallest absolute Gasteiger partial charge is 0.189 e. The van der Waals surface area contributed by atoms with E-state index < -0.39 is 0 Å². The van der Waals surface area contributed by atoms with Crippen LogP contribution < -0.4 is 14.8 Å². The predicted molar refractivity (Wildman–Crippen MR) is 113 cm³/mol. The zero-order valence-corrected chi connectivity index (χ0v) is 16.4. The molecule has 0 fully saturated rings. The van der Waals surface area contributed by atoms with Gasteiger partial charge in [-0.3, -0.25) is 4.79 Å². The molecule has 0 aliphatic heterocycles. The number of hydrogen-bond acceptors (Lipinski definition) is 4. The Kier molecular flexibility index (Phi) is 6.35. The van der Waals surface area contributed by atoms with Crippen LogP contribution in [0.4, 0.5) is 5.69 Å². The van der Waals surface area contributed by atoms with Crippen LogP contribution >= 0.6 is 11.6 Å². The van der Waals surface area contributed by atoms with Gasteiger partial charge in [-0.1, -0.05) is 23.7 Å². The van der Waals surface area contributed by atoms with Crippen molar-refractivity contribution in [2.24, 2.45) is 0 Å². The van der Waals surface area contributed by atoms with E-state index in [2.05, 4.69) is 5.32 Å². The molecule has 0 saturated carbocycles. The number of ether oxygens (including phenoxy) is 2. The van der Waals surface area contributed by atoms with Crippen molar-refractivity contribution >= 4 is 28.8 Å². The van der Waals surface area contributed by atoms with Gasteiger partial charge in [0.1, 0.15) is 11.5 Å². The van der Waals surface area contributed by atoms with Crippen LogP contribution in [-0.4, -0.2) is 20.0 Å². The number of ketones is 1. The van der Waals surface area contributed by atoms with E-state index in [1.54, 1.807) is 44.6 Å². The molecule has 142 valence electrons. The van der Waals surface area contributed by atoms with Gasteiger partial charge in [0.15, 0.2) is 5.78 Å². The number of halogens is 1. The van der Waals surface area contributed by atoms with Crippen LogP contribution in [-0.2, 0) is 0 Å². The fourth-order valence-corrected chi connectivity index (χ4v) is 2.89. The van der Waals surface area contributed by atoms with E-state index in [1.165, 1.54) is 0 Å². The predicted octanol–water partition coefficient (Wildman–Crippen LogP) is 5.69. The highest BCUT2D eigenvalue weighted by molar-refractivity contribution is 6.34. The summed E-state index contributed by atoms with van der Waals surface area (Å²) in [5.41, 5.74) is 2.77. The van der Waals surface area contributed by atoms with E-state index in [4.69, 9.17) is 21.1 Å². The van der Waals surface area contributed by atoms with E-state index >= 15 is 0 Å². The maximum absolute atomic E-state index is 12.8. The minimum absolute atomic E-state index is 0.183. The number of allylic oxidation sites excluding steroid dienone is 1. The molecule has 3 aromatic carbocycles. The Labute approximate surface area is 169 Å². The van der Waals surface area contributed by atoms with Gasteiger partial charge in [-0.2, -0.15) is 0 Å². The molecule has 28 heavy (non-hydrogen) atoms. The second-order valence-electron chi connectivity index (χ2n) is 5.98. The molecule has 0 amide bonds. The van der Waals surface area contributed by atoms with Crippen LogP contribution in [0.25, 0.3) is 5.70 Å². The van der Waals surface area contributed by atoms with Crippen molar-refractivity contribution in [3.63, 3.8) is 0 Å². The molecule has 0 atom stereocenters. The maximum Gasteiger partial charge on any atom is 0.189 e. The highest BCUT2D eigenvalue weighted by Gasteiger charge is 2.11. The molecular weight excluding hydrogens is 374 g/mol. The first-order valence-corrected chi connectivity index (χ1v) is 9.04. The van der Waals surface area contributed by atoms with Crippen LogP contribution in [0.15, 0.2) is 78.9 Å². The molecule has 5 heteroatoms. The van der Waals surface area contributed by atoms with Crippen molar-refractivity contribution in [1.82, 2.24) is 0 Å². The molecule has 0 heterocycles. The summed E-state index contributed by atoms with van der Waals surface area (Å²) < 4.78 is 10.4. The summed E-state index contributed by atoms with van der Waals surface area (Å²) in [5, 5.41) is 3.72. The lowest BCUT2D eigenvalue weighted by Gasteiger charge is -2.13. The molecule has 4 nitrogen and oxygen atoms in total. The van der Waals surface area contributed by atoms with Crippen LogP contribution in [0.3, 0.4) is 0 Å². The Hall–Kier alpha value is -3.24. The molecular formula is C23H20ClNO3. The minimum atomic E-state index is -0.183. The first-order chi connectivity index (χ1) is 13.6. The summed E-state index contributed by atoms with van der Waals surface area (Å²) in [7, 11) is 3.23. The fraction of sp³-hybridized carbons (Fsp3) is 0.0870. The van der Waals surface area contributed by atoms with Crippen molar-refractivity contribution < 1.29 is 14.3 Å². The summed E-state index contributed by atoms with van der Waals surface area (Å²) >= 11 is 6.18. The Morgan fingerprint density at radius 3 is 2.00 bits per heavy atom. The maximum atomic E-state index is 12.8. The van der Waals surface area contributed by atoms with Gasteiger partial charge in [-0.15, -0.1) is 0 Å². The van der Waals surface area contributed by atoms with Crippen molar-refractivity contribution in [3.05, 3.63) is 95.0 Å². The van der Waals surface area contributed by atoms with Crippen molar-refractivity contribution in [3.8, 4) is 11.5 Å². The first kappa shape index (κ1) is 19.5. The van der Waals surface area contributed by atoms with E-state index in [0.717, 1.165) is 22.7 Å². The van der Waals surface area contributed by atoms with Crippen molar-refractivity contribution in [1.29, 1.82) is 0 Å². The quantitative estimate of drug-likeness (QED) is 0.413. The Morgan fingerprint density at radius 1 is 0.857 bits per heavy atom. The third kappa shape index (κ3) is 4.72. The largest absolute Gasteiger partial charge is 0.497 e. The first-order valence-electron chi connectivity index (χ1n) is 8.67. The summed E-state index contributed by atoms with van der Waals surface area (Å²) in [5.74, 6) is 1.31. The number of rotatable bonds is 7. The van der Waals surface area contributed by atoms with Gasteiger partial charge in [0.05, 0.1) is 19.2 Å². The SMILES string of the molecule is COc1ccc(N/C(=C/C(=O)c2ccccc2Cl)c2ccc(OC)cc2)cc1. The Bertz CT molecular complexity index is 979. The Balaban J connectivity index is 1.97. The summed E-state index contributed by atoms with van der Waals surface area (Å²) in [6.45, 7) is 0. The zero-order valence-electron chi connectivity index (χ0n) is 15.6. The standard InChI is InChI=1S/C23H20ClNO3/c1-27-18-11-7-16(8-12-18)22(25-17-9-13-19(28-2)14-10-17)15-23(26)20-5-3-4-6-21(20)24/h3-15,25H,1-2H3/b22-15+. The molecule has 3 aromatic rings. The molecule has 1 N–H and O–H groups in total. The normalized spacial score (nSPS) is 11.0. The van der Waals surface area contributed by atoms with Crippen LogP contribution in [0.2, 0.25) is 5.02 Å². The monoisotopic (exact) mass is 393 g/mol. The molecule has 3 rings (SSSR count). The summed E-state index contributed by atoms with van der Waals surface area (Å²) in [4.78, 5) is 12.8.